The molecule has 0 spiro atoms. The first kappa shape index (κ1) is 8.39. The van der Waals surface area contributed by atoms with Crippen molar-refractivity contribution in [2.24, 2.45) is 0 Å². The molecule has 5 heteroatoms. The number of amides is 1. The molecule has 1 aliphatic heterocycles. The Balaban J connectivity index is 2.64. The molecule has 0 bridgehead atoms. The number of nitrogens with zero attached hydrogens (tertiary/aromatic N) is 1. The lowest BCUT2D eigenvalue weighted by Crippen LogP contribution is -2.32. The molecule has 1 N–H and O–H groups in total. The van der Waals surface area contributed by atoms with Gasteiger partial charge in [0, 0.05) is 0 Å². The fourth-order valence-corrected chi connectivity index (χ4v) is 1.31. The quantitative estimate of drug-likeness (QED) is 0.604. The number of nitrogens with one attached hydrogen (secondary N) is 1. The molecule has 0 aromatic rings. The summed E-state index contributed by atoms with van der Waals surface area (Å²) in [6.45, 7) is 1.21. The zero-order valence-corrected chi connectivity index (χ0v) is 6.95. The lowest BCUT2D eigenvalue weighted by Gasteiger charge is -2.10. The molecule has 1 rings (SSSR count). The Morgan fingerprint density at radius 2 is 2.45 bits per heavy atom. The lowest BCUT2D eigenvalue weighted by molar-refractivity contribution is -0.126. The van der Waals surface area contributed by atoms with Gasteiger partial charge < -0.3 is 5.32 Å². The van der Waals surface area contributed by atoms with Crippen LogP contribution >= 0.6 is 12.2 Å². The zero-order chi connectivity index (χ0) is 8.43. The van der Waals surface area contributed by atoms with Crippen LogP contribution in [0.4, 0.5) is 4.39 Å². The Kier molecular flexibility index (Phi) is 2.38. The zero-order valence-electron chi connectivity index (χ0n) is 6.13. The molecule has 0 saturated carbocycles. The van der Waals surface area contributed by atoms with Gasteiger partial charge in [0.15, 0.2) is 5.11 Å². The summed E-state index contributed by atoms with van der Waals surface area (Å²) in [7, 11) is 0. The number of rotatable bonds is 2. The highest BCUT2D eigenvalue weighted by molar-refractivity contribution is 7.80. The largest absolute Gasteiger partial charge is 0.351 e. The van der Waals surface area contributed by atoms with Crippen molar-refractivity contribution in [3.63, 3.8) is 0 Å². The third kappa shape index (κ3) is 1.48. The minimum absolute atomic E-state index is 0.0645. The van der Waals surface area contributed by atoms with Crippen molar-refractivity contribution in [1.82, 2.24) is 10.2 Å². The van der Waals surface area contributed by atoms with Crippen LogP contribution in [0, 0.1) is 0 Å². The van der Waals surface area contributed by atoms with Crippen LogP contribution in [0.5, 0.6) is 0 Å². The van der Waals surface area contributed by atoms with E-state index in [0.29, 0.717) is 5.11 Å². The topological polar surface area (TPSA) is 32.3 Å². The number of carbonyl (C=O) groups excluding carboxylic acids is 1. The minimum Gasteiger partial charge on any atom is -0.351 e. The summed E-state index contributed by atoms with van der Waals surface area (Å²) in [5.74, 6) is -0.146. The van der Waals surface area contributed by atoms with Gasteiger partial charge in [0.25, 0.3) is 5.91 Å². The average molecular weight is 176 g/mol. The summed E-state index contributed by atoms with van der Waals surface area (Å²) in [5.41, 5.74) is 0. The summed E-state index contributed by atoms with van der Waals surface area (Å²) in [6.07, 6.45) is 0. The third-order valence-electron chi connectivity index (χ3n) is 1.53. The van der Waals surface area contributed by atoms with Crippen molar-refractivity contribution >= 4 is 23.2 Å². The highest BCUT2D eigenvalue weighted by Gasteiger charge is 2.31. The van der Waals surface area contributed by atoms with Crippen molar-refractivity contribution < 1.29 is 9.18 Å². The van der Waals surface area contributed by atoms with Gasteiger partial charge in [-0.15, -0.1) is 0 Å². The first-order valence-corrected chi connectivity index (χ1v) is 3.75. The summed E-state index contributed by atoms with van der Waals surface area (Å²) >= 11 is 4.79. The Hall–Kier alpha value is -0.710. The van der Waals surface area contributed by atoms with Crippen LogP contribution in [-0.2, 0) is 4.79 Å². The van der Waals surface area contributed by atoms with Crippen molar-refractivity contribution in [3.8, 4) is 0 Å². The van der Waals surface area contributed by atoms with E-state index in [0.717, 1.165) is 0 Å². The second-order valence-corrected chi connectivity index (χ2v) is 2.74. The second kappa shape index (κ2) is 3.13. The Morgan fingerprint density at radius 1 is 1.82 bits per heavy atom. The Morgan fingerprint density at radius 3 is 2.82 bits per heavy atom. The molecule has 1 saturated heterocycles. The van der Waals surface area contributed by atoms with E-state index in [9.17, 15) is 9.18 Å². The average Bonchev–Trinajstić information content (AvgIpc) is 2.17. The van der Waals surface area contributed by atoms with Gasteiger partial charge in [0.2, 0.25) is 0 Å². The van der Waals surface area contributed by atoms with Crippen LogP contribution in [0.2, 0.25) is 0 Å². The standard InChI is InChI=1S/C6H9FN2OS/c1-4-5(10)9(3-2-7)6(11)8-4/h4H,2-3H2,1H3,(H,8,11)/t4-/m0/s1. The summed E-state index contributed by atoms with van der Waals surface area (Å²) in [5, 5.41) is 3.08. The highest BCUT2D eigenvalue weighted by Crippen LogP contribution is 2.04. The van der Waals surface area contributed by atoms with Crippen LogP contribution in [0.25, 0.3) is 0 Å². The maximum absolute atomic E-state index is 11.8. The molecule has 1 heterocycles. The van der Waals surface area contributed by atoms with Gasteiger partial charge in [-0.05, 0) is 19.1 Å². The molecule has 3 nitrogen and oxygen atoms in total. The smallest absolute Gasteiger partial charge is 0.251 e. The maximum atomic E-state index is 11.8. The summed E-state index contributed by atoms with van der Waals surface area (Å²) in [6, 6.07) is -0.297. The van der Waals surface area contributed by atoms with Crippen molar-refractivity contribution in [3.05, 3.63) is 0 Å². The molecule has 0 aromatic heterocycles. The first-order chi connectivity index (χ1) is 5.16. The molecule has 0 aliphatic carbocycles. The van der Waals surface area contributed by atoms with Gasteiger partial charge in [-0.25, -0.2) is 4.39 Å². The highest BCUT2D eigenvalue weighted by atomic mass is 32.1. The number of thiocarbonyl (C=S) groups is 1. The van der Waals surface area contributed by atoms with Gasteiger partial charge in [0.1, 0.15) is 12.7 Å². The number of halogens is 1. The van der Waals surface area contributed by atoms with E-state index in [4.69, 9.17) is 12.2 Å². The fourth-order valence-electron chi connectivity index (χ4n) is 0.955. The summed E-state index contributed by atoms with van der Waals surface area (Å²) in [4.78, 5) is 12.4. The third-order valence-corrected chi connectivity index (χ3v) is 1.87. The monoisotopic (exact) mass is 176 g/mol. The predicted octanol–water partition coefficient (Wildman–Crippen LogP) is 0.0611. The van der Waals surface area contributed by atoms with E-state index in [1.807, 2.05) is 0 Å². The molecular formula is C6H9FN2OS. The number of carbonyl (C=O) groups is 1. The molecule has 1 amide bonds. The van der Waals surface area contributed by atoms with Crippen molar-refractivity contribution in [2.45, 2.75) is 13.0 Å². The molecule has 11 heavy (non-hydrogen) atoms. The predicted molar refractivity (Wildman–Crippen MR) is 42.9 cm³/mol. The summed E-state index contributed by atoms with van der Waals surface area (Å²) < 4.78 is 11.8. The van der Waals surface area contributed by atoms with E-state index in [-0.39, 0.29) is 18.5 Å². The van der Waals surface area contributed by atoms with Gasteiger partial charge in [-0.1, -0.05) is 0 Å². The van der Waals surface area contributed by atoms with Crippen LogP contribution < -0.4 is 5.32 Å². The van der Waals surface area contributed by atoms with Crippen molar-refractivity contribution in [1.29, 1.82) is 0 Å². The maximum Gasteiger partial charge on any atom is 0.251 e. The minimum atomic E-state index is -0.555. The van der Waals surface area contributed by atoms with E-state index >= 15 is 0 Å². The fraction of sp³-hybridized carbons (Fsp3) is 0.667. The van der Waals surface area contributed by atoms with E-state index in [1.54, 1.807) is 6.92 Å². The molecule has 0 aromatic carbocycles. The van der Waals surface area contributed by atoms with E-state index < -0.39 is 6.67 Å². The van der Waals surface area contributed by atoms with E-state index in [2.05, 4.69) is 5.32 Å². The van der Waals surface area contributed by atoms with Gasteiger partial charge in [-0.2, -0.15) is 0 Å². The lowest BCUT2D eigenvalue weighted by atomic mass is 10.3. The normalized spacial score (nSPS) is 24.2. The van der Waals surface area contributed by atoms with E-state index in [1.165, 1.54) is 4.90 Å². The van der Waals surface area contributed by atoms with Crippen LogP contribution in [0.1, 0.15) is 6.92 Å². The molecule has 1 atom stereocenters. The van der Waals surface area contributed by atoms with Crippen LogP contribution in [-0.4, -0.2) is 35.2 Å². The molecular weight excluding hydrogens is 167 g/mol. The Bertz CT molecular complexity index is 197. The van der Waals surface area contributed by atoms with Crippen LogP contribution in [0.15, 0.2) is 0 Å². The molecule has 0 radical (unpaired) electrons. The van der Waals surface area contributed by atoms with Crippen molar-refractivity contribution in [2.75, 3.05) is 13.2 Å². The number of hydrogen-bond donors (Lipinski definition) is 1. The van der Waals surface area contributed by atoms with Gasteiger partial charge in [0.05, 0.1) is 6.54 Å². The molecule has 62 valence electrons. The van der Waals surface area contributed by atoms with Crippen LogP contribution in [0.3, 0.4) is 0 Å². The second-order valence-electron chi connectivity index (χ2n) is 2.35. The van der Waals surface area contributed by atoms with Gasteiger partial charge >= 0.3 is 0 Å². The van der Waals surface area contributed by atoms with Gasteiger partial charge in [-0.3, -0.25) is 9.69 Å². The molecule has 0 unspecified atom stereocenters. The SMILES string of the molecule is C[C@@H]1NC(=S)N(CCF)C1=O. The molecule has 1 aliphatic rings. The number of alkyl halides is 1. The Labute approximate surface area is 69.6 Å². The molecule has 1 fully saturated rings. The number of hydrogen-bond acceptors (Lipinski definition) is 2. The first-order valence-electron chi connectivity index (χ1n) is 3.34.